The van der Waals surface area contributed by atoms with E-state index in [1.54, 1.807) is 11.8 Å². The topological polar surface area (TPSA) is 65.1 Å². The monoisotopic (exact) mass is 278 g/mol. The SMILES string of the molecule is CSC(CO)C(C)NC(=O)c1cccc2[nH]ccc12. The van der Waals surface area contributed by atoms with Gasteiger partial charge in [0.2, 0.25) is 0 Å². The zero-order chi connectivity index (χ0) is 13.8. The molecule has 2 unspecified atom stereocenters. The lowest BCUT2D eigenvalue weighted by Crippen LogP contribution is -2.41. The minimum atomic E-state index is -0.106. The molecule has 1 aromatic heterocycles. The van der Waals surface area contributed by atoms with Gasteiger partial charge >= 0.3 is 0 Å². The number of rotatable bonds is 5. The quantitative estimate of drug-likeness (QED) is 0.784. The predicted molar refractivity (Wildman–Crippen MR) is 79.6 cm³/mol. The number of H-pyrrole nitrogens is 1. The molecule has 2 atom stereocenters. The molecule has 0 bridgehead atoms. The van der Waals surface area contributed by atoms with Crippen molar-refractivity contribution in [1.82, 2.24) is 10.3 Å². The summed E-state index contributed by atoms with van der Waals surface area (Å²) in [6, 6.07) is 7.42. The standard InChI is InChI=1S/C14H18N2O2S/c1-9(13(8-17)19-2)16-14(18)11-4-3-5-12-10(11)6-7-15-12/h3-7,9,13,15,17H,8H2,1-2H3,(H,16,18). The van der Waals surface area contributed by atoms with E-state index >= 15 is 0 Å². The van der Waals surface area contributed by atoms with Gasteiger partial charge in [0.05, 0.1) is 6.61 Å². The summed E-state index contributed by atoms with van der Waals surface area (Å²) in [6.45, 7) is 1.96. The number of carbonyl (C=O) groups is 1. The van der Waals surface area contributed by atoms with E-state index in [9.17, 15) is 9.90 Å². The van der Waals surface area contributed by atoms with Gasteiger partial charge in [-0.15, -0.1) is 0 Å². The van der Waals surface area contributed by atoms with Crippen molar-refractivity contribution in [1.29, 1.82) is 0 Å². The molecule has 0 fully saturated rings. The second kappa shape index (κ2) is 6.12. The van der Waals surface area contributed by atoms with E-state index in [1.807, 2.05) is 43.6 Å². The number of hydrogen-bond donors (Lipinski definition) is 3. The molecule has 1 aromatic carbocycles. The summed E-state index contributed by atoms with van der Waals surface area (Å²) in [4.78, 5) is 15.4. The lowest BCUT2D eigenvalue weighted by Gasteiger charge is -2.21. The van der Waals surface area contributed by atoms with Gasteiger partial charge in [-0.1, -0.05) is 6.07 Å². The maximum Gasteiger partial charge on any atom is 0.252 e. The van der Waals surface area contributed by atoms with Gasteiger partial charge in [-0.25, -0.2) is 0 Å². The van der Waals surface area contributed by atoms with Crippen molar-refractivity contribution >= 4 is 28.6 Å². The summed E-state index contributed by atoms with van der Waals surface area (Å²) < 4.78 is 0. The Balaban J connectivity index is 2.18. The van der Waals surface area contributed by atoms with Crippen LogP contribution in [0.15, 0.2) is 30.5 Å². The number of aromatic nitrogens is 1. The highest BCUT2D eigenvalue weighted by molar-refractivity contribution is 7.99. The number of thioether (sulfide) groups is 1. The Hall–Kier alpha value is -1.46. The van der Waals surface area contributed by atoms with Gasteiger partial charge in [0.15, 0.2) is 0 Å². The maximum atomic E-state index is 12.3. The molecule has 0 aliphatic heterocycles. The largest absolute Gasteiger partial charge is 0.395 e. The molecule has 1 amide bonds. The molecule has 4 nitrogen and oxygen atoms in total. The number of fused-ring (bicyclic) bond motifs is 1. The number of aliphatic hydroxyl groups is 1. The summed E-state index contributed by atoms with van der Waals surface area (Å²) in [5.74, 6) is -0.106. The smallest absolute Gasteiger partial charge is 0.252 e. The summed E-state index contributed by atoms with van der Waals surface area (Å²) in [7, 11) is 0. The van der Waals surface area contributed by atoms with Crippen LogP contribution in [0.4, 0.5) is 0 Å². The molecule has 2 rings (SSSR count). The number of amides is 1. The molecule has 0 aliphatic rings. The molecule has 0 aliphatic carbocycles. The van der Waals surface area contributed by atoms with Gasteiger partial charge in [-0.3, -0.25) is 4.79 Å². The molecular formula is C14H18N2O2S. The van der Waals surface area contributed by atoms with Crippen molar-refractivity contribution in [2.75, 3.05) is 12.9 Å². The molecule has 0 saturated heterocycles. The minimum Gasteiger partial charge on any atom is -0.395 e. The number of nitrogens with one attached hydrogen (secondary N) is 2. The third-order valence-corrected chi connectivity index (χ3v) is 4.40. The molecule has 1 heterocycles. The van der Waals surface area contributed by atoms with E-state index in [2.05, 4.69) is 10.3 Å². The second-order valence-electron chi connectivity index (χ2n) is 4.46. The number of aromatic amines is 1. The molecule has 3 N–H and O–H groups in total. The van der Waals surface area contributed by atoms with E-state index in [4.69, 9.17) is 0 Å². The van der Waals surface area contributed by atoms with Crippen LogP contribution in [0.5, 0.6) is 0 Å². The Bertz CT molecular complexity index is 563. The molecule has 2 aromatic rings. The lowest BCUT2D eigenvalue weighted by atomic mass is 10.1. The Morgan fingerprint density at radius 3 is 2.95 bits per heavy atom. The van der Waals surface area contributed by atoms with Crippen molar-refractivity contribution in [2.45, 2.75) is 18.2 Å². The molecule has 102 valence electrons. The maximum absolute atomic E-state index is 12.3. The van der Waals surface area contributed by atoms with Crippen LogP contribution in [-0.4, -0.2) is 40.2 Å². The highest BCUT2D eigenvalue weighted by atomic mass is 32.2. The molecule has 0 radical (unpaired) electrons. The van der Waals surface area contributed by atoms with Gasteiger partial charge in [0.25, 0.3) is 5.91 Å². The Morgan fingerprint density at radius 1 is 1.47 bits per heavy atom. The fraction of sp³-hybridized carbons (Fsp3) is 0.357. The van der Waals surface area contributed by atoms with Gasteiger partial charge in [0, 0.05) is 34.0 Å². The molecular weight excluding hydrogens is 260 g/mol. The molecule has 5 heteroatoms. The molecule has 0 saturated carbocycles. The van der Waals surface area contributed by atoms with Gasteiger partial charge in [0.1, 0.15) is 0 Å². The van der Waals surface area contributed by atoms with E-state index < -0.39 is 0 Å². The minimum absolute atomic E-state index is 0.00868. The van der Waals surface area contributed by atoms with Crippen molar-refractivity contribution in [3.05, 3.63) is 36.0 Å². The highest BCUT2D eigenvalue weighted by Gasteiger charge is 2.19. The van der Waals surface area contributed by atoms with Gasteiger partial charge < -0.3 is 15.4 Å². The van der Waals surface area contributed by atoms with Crippen molar-refractivity contribution in [2.24, 2.45) is 0 Å². The van der Waals surface area contributed by atoms with E-state index in [1.165, 1.54) is 0 Å². The fourth-order valence-corrected chi connectivity index (χ4v) is 2.72. The Morgan fingerprint density at radius 2 is 2.26 bits per heavy atom. The second-order valence-corrected chi connectivity index (χ2v) is 5.54. The first-order valence-corrected chi connectivity index (χ1v) is 7.46. The number of benzene rings is 1. The predicted octanol–water partition coefficient (Wildman–Crippen LogP) is 2.01. The van der Waals surface area contributed by atoms with Crippen LogP contribution in [0.3, 0.4) is 0 Å². The summed E-state index contributed by atoms with van der Waals surface area (Å²) in [5.41, 5.74) is 1.60. The zero-order valence-electron chi connectivity index (χ0n) is 11.0. The van der Waals surface area contributed by atoms with E-state index in [0.717, 1.165) is 10.9 Å². The van der Waals surface area contributed by atoms with Crippen LogP contribution in [0, 0.1) is 0 Å². The third-order valence-electron chi connectivity index (χ3n) is 3.24. The van der Waals surface area contributed by atoms with Gasteiger partial charge in [-0.05, 0) is 31.4 Å². The van der Waals surface area contributed by atoms with Crippen LogP contribution >= 0.6 is 11.8 Å². The highest BCUT2D eigenvalue weighted by Crippen LogP contribution is 2.18. The van der Waals surface area contributed by atoms with Crippen LogP contribution in [-0.2, 0) is 0 Å². The van der Waals surface area contributed by atoms with Crippen LogP contribution in [0.25, 0.3) is 10.9 Å². The Kier molecular flexibility index (Phi) is 4.50. The van der Waals surface area contributed by atoms with E-state index in [0.29, 0.717) is 5.56 Å². The first-order valence-electron chi connectivity index (χ1n) is 6.18. The van der Waals surface area contributed by atoms with Crippen molar-refractivity contribution < 1.29 is 9.90 Å². The van der Waals surface area contributed by atoms with Crippen molar-refractivity contribution in [3.63, 3.8) is 0 Å². The fourth-order valence-electron chi connectivity index (χ4n) is 2.10. The molecule has 19 heavy (non-hydrogen) atoms. The van der Waals surface area contributed by atoms with Crippen LogP contribution in [0.2, 0.25) is 0 Å². The third kappa shape index (κ3) is 2.93. The van der Waals surface area contributed by atoms with E-state index in [-0.39, 0.29) is 23.8 Å². The number of aliphatic hydroxyl groups excluding tert-OH is 1. The first-order chi connectivity index (χ1) is 9.17. The Labute approximate surface area is 116 Å². The van der Waals surface area contributed by atoms with Crippen LogP contribution in [0.1, 0.15) is 17.3 Å². The summed E-state index contributed by atoms with van der Waals surface area (Å²) in [6.07, 6.45) is 3.75. The normalized spacial score (nSPS) is 14.3. The average Bonchev–Trinajstić information content (AvgIpc) is 2.87. The molecule has 0 spiro atoms. The first kappa shape index (κ1) is 14.0. The lowest BCUT2D eigenvalue weighted by molar-refractivity contribution is 0.0937. The summed E-state index contributed by atoms with van der Waals surface area (Å²) in [5, 5.41) is 13.1. The zero-order valence-corrected chi connectivity index (χ0v) is 11.8. The van der Waals surface area contributed by atoms with Crippen LogP contribution < -0.4 is 5.32 Å². The van der Waals surface area contributed by atoms with Crippen molar-refractivity contribution in [3.8, 4) is 0 Å². The average molecular weight is 278 g/mol. The number of hydrogen-bond acceptors (Lipinski definition) is 3. The van der Waals surface area contributed by atoms with Gasteiger partial charge in [-0.2, -0.15) is 11.8 Å². The summed E-state index contributed by atoms with van der Waals surface area (Å²) >= 11 is 1.55. The number of carbonyl (C=O) groups excluding carboxylic acids is 1.